The second-order valence-corrected chi connectivity index (χ2v) is 4.75. The predicted octanol–water partition coefficient (Wildman–Crippen LogP) is 2.70. The van der Waals surface area contributed by atoms with Crippen molar-refractivity contribution in [2.45, 2.75) is 13.1 Å². The Labute approximate surface area is 115 Å². The summed E-state index contributed by atoms with van der Waals surface area (Å²) >= 11 is 0.831. The van der Waals surface area contributed by atoms with Gasteiger partial charge in [-0.2, -0.15) is 13.2 Å². The molecule has 2 rings (SSSR count). The molecule has 0 radical (unpaired) electrons. The molecule has 1 amide bonds. The molecule has 9 heteroatoms. The number of nitrogen functional groups attached to an aromatic ring is 1. The molecule has 0 atom stereocenters. The van der Waals surface area contributed by atoms with Crippen molar-refractivity contribution in [2.24, 2.45) is 0 Å². The number of alkyl halides is 3. The summed E-state index contributed by atoms with van der Waals surface area (Å²) in [5, 5.41) is 5.98. The zero-order valence-corrected chi connectivity index (χ0v) is 11.0. The number of rotatable bonds is 2. The first-order valence-electron chi connectivity index (χ1n) is 5.36. The summed E-state index contributed by atoms with van der Waals surface area (Å²) in [5.74, 6) is -0.696. The highest BCUT2D eigenvalue weighted by Crippen LogP contribution is 2.32. The Morgan fingerprint density at radius 3 is 2.65 bits per heavy atom. The lowest BCUT2D eigenvalue weighted by atomic mass is 10.1. The lowest BCUT2D eigenvalue weighted by Gasteiger charge is -2.12. The minimum Gasteiger partial charge on any atom is -0.387 e. The number of hydrogen-bond acceptors (Lipinski definition) is 5. The number of anilines is 2. The van der Waals surface area contributed by atoms with Crippen molar-refractivity contribution in [3.63, 3.8) is 0 Å². The SMILES string of the molecule is Cc1ccc(C(F)(F)F)cc1NC(=O)c1nnsc1N. The van der Waals surface area contributed by atoms with Crippen molar-refractivity contribution in [1.29, 1.82) is 0 Å². The van der Waals surface area contributed by atoms with Gasteiger partial charge in [-0.25, -0.2) is 0 Å². The Morgan fingerprint density at radius 1 is 1.40 bits per heavy atom. The van der Waals surface area contributed by atoms with Crippen molar-refractivity contribution < 1.29 is 18.0 Å². The molecule has 0 bridgehead atoms. The van der Waals surface area contributed by atoms with Gasteiger partial charge in [0.1, 0.15) is 5.00 Å². The van der Waals surface area contributed by atoms with Gasteiger partial charge in [0.15, 0.2) is 5.69 Å². The van der Waals surface area contributed by atoms with E-state index < -0.39 is 17.6 Å². The topological polar surface area (TPSA) is 80.9 Å². The third-order valence-corrected chi connectivity index (χ3v) is 3.09. The average Bonchev–Trinajstić information content (AvgIpc) is 2.77. The van der Waals surface area contributed by atoms with Crippen molar-refractivity contribution in [3.8, 4) is 0 Å². The number of aromatic nitrogens is 2. The molecule has 1 aromatic carbocycles. The van der Waals surface area contributed by atoms with E-state index in [-0.39, 0.29) is 16.4 Å². The second-order valence-electron chi connectivity index (χ2n) is 3.97. The normalized spacial score (nSPS) is 11.4. The van der Waals surface area contributed by atoms with Crippen LogP contribution in [0.5, 0.6) is 0 Å². The van der Waals surface area contributed by atoms with Gasteiger partial charge in [-0.05, 0) is 24.6 Å². The fraction of sp³-hybridized carbons (Fsp3) is 0.182. The van der Waals surface area contributed by atoms with Gasteiger partial charge in [-0.3, -0.25) is 4.79 Å². The first-order valence-corrected chi connectivity index (χ1v) is 6.13. The largest absolute Gasteiger partial charge is 0.416 e. The molecule has 0 aliphatic rings. The van der Waals surface area contributed by atoms with Gasteiger partial charge < -0.3 is 11.1 Å². The summed E-state index contributed by atoms with van der Waals surface area (Å²) in [6.45, 7) is 1.58. The highest BCUT2D eigenvalue weighted by molar-refractivity contribution is 7.10. The van der Waals surface area contributed by atoms with Crippen LogP contribution in [0.3, 0.4) is 0 Å². The second kappa shape index (κ2) is 5.08. The number of aryl methyl sites for hydroxylation is 1. The van der Waals surface area contributed by atoms with E-state index in [0.717, 1.165) is 23.7 Å². The molecular weight excluding hydrogens is 293 g/mol. The third-order valence-electron chi connectivity index (χ3n) is 2.54. The molecule has 1 heterocycles. The van der Waals surface area contributed by atoms with Crippen LogP contribution in [0, 0.1) is 6.92 Å². The molecular formula is C11H9F3N4OS. The number of halogens is 3. The molecule has 0 aliphatic heterocycles. The van der Waals surface area contributed by atoms with Crippen molar-refractivity contribution >= 4 is 28.1 Å². The molecule has 20 heavy (non-hydrogen) atoms. The zero-order valence-electron chi connectivity index (χ0n) is 10.2. The summed E-state index contributed by atoms with van der Waals surface area (Å²) < 4.78 is 41.4. The standard InChI is InChI=1S/C11H9F3N4OS/c1-5-2-3-6(11(12,13)14)4-7(5)16-10(19)8-9(15)20-18-17-8/h2-4H,15H2,1H3,(H,16,19). The number of nitrogens with zero attached hydrogens (tertiary/aromatic N) is 2. The van der Waals surface area contributed by atoms with Crippen molar-refractivity contribution in [3.05, 3.63) is 35.0 Å². The molecule has 0 saturated carbocycles. The Hall–Kier alpha value is -2.16. The smallest absolute Gasteiger partial charge is 0.387 e. The Morgan fingerprint density at radius 2 is 2.10 bits per heavy atom. The van der Waals surface area contributed by atoms with E-state index in [9.17, 15) is 18.0 Å². The minimum atomic E-state index is -4.48. The molecule has 0 fully saturated rings. The molecule has 0 saturated heterocycles. The Bertz CT molecular complexity index is 653. The number of nitrogens with one attached hydrogen (secondary N) is 1. The molecule has 3 N–H and O–H groups in total. The van der Waals surface area contributed by atoms with Gasteiger partial charge in [0.05, 0.1) is 5.56 Å². The molecule has 0 unspecified atom stereocenters. The summed E-state index contributed by atoms with van der Waals surface area (Å²) in [4.78, 5) is 11.8. The monoisotopic (exact) mass is 302 g/mol. The van der Waals surface area contributed by atoms with Crippen LogP contribution < -0.4 is 11.1 Å². The van der Waals surface area contributed by atoms with E-state index in [0.29, 0.717) is 5.56 Å². The van der Waals surface area contributed by atoms with Gasteiger partial charge >= 0.3 is 6.18 Å². The fourth-order valence-corrected chi connectivity index (χ4v) is 1.90. The van der Waals surface area contributed by atoms with Crippen LogP contribution in [-0.2, 0) is 6.18 Å². The van der Waals surface area contributed by atoms with Crippen LogP contribution in [0.1, 0.15) is 21.6 Å². The number of amides is 1. The van der Waals surface area contributed by atoms with Crippen LogP contribution in [0.15, 0.2) is 18.2 Å². The van der Waals surface area contributed by atoms with E-state index >= 15 is 0 Å². The van der Waals surface area contributed by atoms with E-state index in [2.05, 4.69) is 14.9 Å². The molecule has 5 nitrogen and oxygen atoms in total. The van der Waals surface area contributed by atoms with Gasteiger partial charge in [0, 0.05) is 17.2 Å². The molecule has 1 aromatic heterocycles. The maximum absolute atomic E-state index is 12.6. The molecule has 0 spiro atoms. The van der Waals surface area contributed by atoms with Crippen molar-refractivity contribution in [1.82, 2.24) is 9.59 Å². The van der Waals surface area contributed by atoms with Crippen molar-refractivity contribution in [2.75, 3.05) is 11.1 Å². The molecule has 0 aliphatic carbocycles. The maximum Gasteiger partial charge on any atom is 0.416 e. The predicted molar refractivity (Wildman–Crippen MR) is 68.5 cm³/mol. The summed E-state index contributed by atoms with van der Waals surface area (Å²) in [6.07, 6.45) is -4.48. The van der Waals surface area contributed by atoms with Gasteiger partial charge in [0.2, 0.25) is 0 Å². The Kier molecular flexibility index (Phi) is 3.62. The highest BCUT2D eigenvalue weighted by atomic mass is 32.1. The quantitative estimate of drug-likeness (QED) is 0.893. The van der Waals surface area contributed by atoms with Crippen LogP contribution in [0.4, 0.5) is 23.9 Å². The number of hydrogen-bond donors (Lipinski definition) is 2. The highest BCUT2D eigenvalue weighted by Gasteiger charge is 2.31. The Balaban J connectivity index is 2.30. The number of nitrogens with two attached hydrogens (primary N) is 1. The van der Waals surface area contributed by atoms with Crippen LogP contribution in [0.25, 0.3) is 0 Å². The summed E-state index contributed by atoms with van der Waals surface area (Å²) in [6, 6.07) is 3.09. The summed E-state index contributed by atoms with van der Waals surface area (Å²) in [7, 11) is 0. The molecule has 2 aromatic rings. The van der Waals surface area contributed by atoms with Gasteiger partial charge in [-0.1, -0.05) is 10.6 Å². The third kappa shape index (κ3) is 2.87. The van der Waals surface area contributed by atoms with E-state index in [4.69, 9.17) is 5.73 Å². The first kappa shape index (κ1) is 14.3. The lowest BCUT2D eigenvalue weighted by molar-refractivity contribution is -0.137. The maximum atomic E-state index is 12.6. The number of carbonyl (C=O) groups excluding carboxylic acids is 1. The van der Waals surface area contributed by atoms with E-state index in [1.807, 2.05) is 0 Å². The minimum absolute atomic E-state index is 0.0530. The van der Waals surface area contributed by atoms with E-state index in [1.165, 1.54) is 6.07 Å². The summed E-state index contributed by atoms with van der Waals surface area (Å²) in [5.41, 5.74) is 5.08. The lowest BCUT2D eigenvalue weighted by Crippen LogP contribution is -2.16. The van der Waals surface area contributed by atoms with Crippen LogP contribution >= 0.6 is 11.5 Å². The average molecular weight is 302 g/mol. The van der Waals surface area contributed by atoms with Gasteiger partial charge in [0.25, 0.3) is 5.91 Å². The number of benzene rings is 1. The van der Waals surface area contributed by atoms with E-state index in [1.54, 1.807) is 6.92 Å². The first-order chi connectivity index (χ1) is 9.29. The van der Waals surface area contributed by atoms with Crippen LogP contribution in [-0.4, -0.2) is 15.5 Å². The number of carbonyl (C=O) groups is 1. The zero-order chi connectivity index (χ0) is 14.9. The molecule has 106 valence electrons. The van der Waals surface area contributed by atoms with Gasteiger partial charge in [-0.15, -0.1) is 5.10 Å². The fourth-order valence-electron chi connectivity index (χ4n) is 1.47. The van der Waals surface area contributed by atoms with Crippen LogP contribution in [0.2, 0.25) is 0 Å².